The van der Waals surface area contributed by atoms with Crippen LogP contribution in [-0.2, 0) is 30.4 Å². The van der Waals surface area contributed by atoms with Crippen molar-refractivity contribution < 1.29 is 28.7 Å². The van der Waals surface area contributed by atoms with Crippen LogP contribution in [0.2, 0.25) is 0 Å². The van der Waals surface area contributed by atoms with Gasteiger partial charge in [-0.15, -0.1) is 11.3 Å². The van der Waals surface area contributed by atoms with Gasteiger partial charge in [0.2, 0.25) is 5.91 Å². The van der Waals surface area contributed by atoms with Crippen LogP contribution in [0.5, 0.6) is 0 Å². The molecule has 1 aliphatic heterocycles. The summed E-state index contributed by atoms with van der Waals surface area (Å²) >= 11 is 1.57. The fraction of sp³-hybridized carbons (Fsp3) is 0.500. The summed E-state index contributed by atoms with van der Waals surface area (Å²) in [5, 5.41) is 4.73. The summed E-state index contributed by atoms with van der Waals surface area (Å²) in [6, 6.07) is 3.92. The van der Waals surface area contributed by atoms with E-state index in [-0.39, 0.29) is 12.5 Å². The van der Waals surface area contributed by atoms with Crippen LogP contribution in [0.3, 0.4) is 0 Å². The number of carbonyl (C=O) groups excluding carboxylic acids is 4. The minimum absolute atomic E-state index is 0.0843. The number of carbonyl (C=O) groups is 4. The van der Waals surface area contributed by atoms with Gasteiger partial charge < -0.3 is 24.3 Å². The summed E-state index contributed by atoms with van der Waals surface area (Å²) in [5.74, 6) is -1.79. The highest BCUT2D eigenvalue weighted by molar-refractivity contribution is 7.09. The van der Waals surface area contributed by atoms with Gasteiger partial charge >= 0.3 is 11.9 Å². The van der Waals surface area contributed by atoms with Crippen molar-refractivity contribution in [3.05, 3.63) is 39.2 Å². The van der Waals surface area contributed by atoms with E-state index in [1.165, 1.54) is 6.92 Å². The van der Waals surface area contributed by atoms with E-state index in [0.29, 0.717) is 49.4 Å². The highest BCUT2D eigenvalue weighted by Crippen LogP contribution is 2.29. The highest BCUT2D eigenvalue weighted by atomic mass is 32.1. The number of esters is 2. The maximum atomic E-state index is 12.8. The van der Waals surface area contributed by atoms with Crippen molar-refractivity contribution in [3.63, 3.8) is 0 Å². The summed E-state index contributed by atoms with van der Waals surface area (Å²) in [5.41, 5.74) is 1.84. The van der Waals surface area contributed by atoms with Crippen LogP contribution in [0.4, 0.5) is 5.82 Å². The number of hydrogen-bond acceptors (Lipinski definition) is 7. The van der Waals surface area contributed by atoms with E-state index in [9.17, 15) is 19.2 Å². The number of likely N-dealkylation sites (tertiary alicyclic amines) is 1. The Morgan fingerprint density at radius 2 is 1.97 bits per heavy atom. The molecule has 1 N–H and O–H groups in total. The van der Waals surface area contributed by atoms with Gasteiger partial charge in [0.05, 0.1) is 19.1 Å². The van der Waals surface area contributed by atoms with Gasteiger partial charge in [-0.1, -0.05) is 6.07 Å². The number of ether oxygens (including phenoxy) is 2. The quantitative estimate of drug-likeness (QED) is 0.571. The van der Waals surface area contributed by atoms with E-state index in [2.05, 4.69) is 5.32 Å². The second-order valence-corrected chi connectivity index (χ2v) is 9.31. The third-order valence-electron chi connectivity index (χ3n) is 6.01. The van der Waals surface area contributed by atoms with Gasteiger partial charge in [0.15, 0.2) is 6.61 Å². The Morgan fingerprint density at radius 1 is 1.21 bits per heavy atom. The maximum Gasteiger partial charge on any atom is 0.342 e. The van der Waals surface area contributed by atoms with Gasteiger partial charge in [0.1, 0.15) is 11.4 Å². The third-order valence-corrected chi connectivity index (χ3v) is 6.87. The third kappa shape index (κ3) is 5.85. The Hall–Kier alpha value is -3.14. The molecule has 1 atom stereocenters. The average molecular weight is 490 g/mol. The second-order valence-electron chi connectivity index (χ2n) is 8.28. The van der Waals surface area contributed by atoms with Crippen molar-refractivity contribution >= 4 is 40.9 Å². The molecular weight excluding hydrogens is 458 g/mol. The predicted molar refractivity (Wildman–Crippen MR) is 128 cm³/mol. The van der Waals surface area contributed by atoms with Crippen LogP contribution in [0.15, 0.2) is 17.5 Å². The Morgan fingerprint density at radius 3 is 2.62 bits per heavy atom. The van der Waals surface area contributed by atoms with Crippen LogP contribution < -0.4 is 5.32 Å². The number of thiophene rings is 1. The molecule has 34 heavy (non-hydrogen) atoms. The highest BCUT2D eigenvalue weighted by Gasteiger charge is 2.29. The van der Waals surface area contributed by atoms with Gasteiger partial charge in [-0.2, -0.15) is 0 Å². The molecule has 0 spiro atoms. The van der Waals surface area contributed by atoms with E-state index in [0.717, 1.165) is 10.6 Å². The zero-order chi connectivity index (χ0) is 24.8. The molecule has 2 aromatic heterocycles. The van der Waals surface area contributed by atoms with Gasteiger partial charge in [-0.05, 0) is 50.6 Å². The predicted octanol–water partition coefficient (Wildman–Crippen LogP) is 3.13. The SMILES string of the molecule is CCOC(=O)c1c(C)c(C)n(Cc2cccs2)c1NC(=O)COC(=O)C1CCCN(C(C)=O)C1. The molecule has 0 saturated carbocycles. The topological polar surface area (TPSA) is 107 Å². The smallest absolute Gasteiger partial charge is 0.342 e. The van der Waals surface area contributed by atoms with Crippen molar-refractivity contribution in [1.82, 2.24) is 9.47 Å². The molecule has 184 valence electrons. The van der Waals surface area contributed by atoms with Crippen molar-refractivity contribution in [2.75, 3.05) is 31.6 Å². The molecule has 1 fully saturated rings. The number of nitrogens with zero attached hydrogens (tertiary/aromatic N) is 2. The Balaban J connectivity index is 1.74. The number of rotatable bonds is 8. The first-order chi connectivity index (χ1) is 16.2. The lowest BCUT2D eigenvalue weighted by molar-refractivity contribution is -0.154. The monoisotopic (exact) mass is 489 g/mol. The largest absolute Gasteiger partial charge is 0.462 e. The summed E-state index contributed by atoms with van der Waals surface area (Å²) in [4.78, 5) is 52.2. The molecule has 3 heterocycles. The first kappa shape index (κ1) is 25.5. The Bertz CT molecular complexity index is 1060. The fourth-order valence-electron chi connectivity index (χ4n) is 4.08. The average Bonchev–Trinajstić information content (AvgIpc) is 3.40. The van der Waals surface area contributed by atoms with Crippen molar-refractivity contribution in [1.29, 1.82) is 0 Å². The summed E-state index contributed by atoms with van der Waals surface area (Å²) < 4.78 is 12.3. The first-order valence-electron chi connectivity index (χ1n) is 11.3. The van der Waals surface area contributed by atoms with E-state index in [1.54, 1.807) is 23.2 Å². The van der Waals surface area contributed by atoms with Crippen molar-refractivity contribution in [2.45, 2.75) is 47.1 Å². The van der Waals surface area contributed by atoms with Crippen LogP contribution in [0, 0.1) is 19.8 Å². The molecule has 1 unspecified atom stereocenters. The number of hydrogen-bond donors (Lipinski definition) is 1. The lowest BCUT2D eigenvalue weighted by Gasteiger charge is -2.30. The zero-order valence-corrected chi connectivity index (χ0v) is 20.8. The molecule has 0 aliphatic carbocycles. The normalized spacial score (nSPS) is 15.6. The Kier molecular flexibility index (Phi) is 8.49. The summed E-state index contributed by atoms with van der Waals surface area (Å²) in [7, 11) is 0. The fourth-order valence-corrected chi connectivity index (χ4v) is 4.77. The van der Waals surface area contributed by atoms with Crippen LogP contribution >= 0.6 is 11.3 Å². The molecular formula is C24H31N3O6S. The van der Waals surface area contributed by atoms with Gasteiger partial charge in [-0.3, -0.25) is 14.4 Å². The van der Waals surface area contributed by atoms with E-state index < -0.39 is 30.4 Å². The lowest BCUT2D eigenvalue weighted by Crippen LogP contribution is -2.42. The minimum Gasteiger partial charge on any atom is -0.462 e. The zero-order valence-electron chi connectivity index (χ0n) is 20.0. The molecule has 0 radical (unpaired) electrons. The lowest BCUT2D eigenvalue weighted by atomic mass is 9.98. The van der Waals surface area contributed by atoms with E-state index in [1.807, 2.05) is 35.9 Å². The van der Waals surface area contributed by atoms with Crippen LogP contribution in [0.1, 0.15) is 53.2 Å². The molecule has 0 bridgehead atoms. The number of piperidine rings is 1. The number of aromatic nitrogens is 1. The molecule has 10 heteroatoms. The molecule has 3 rings (SSSR count). The molecule has 9 nitrogen and oxygen atoms in total. The van der Waals surface area contributed by atoms with Gasteiger partial charge in [0, 0.05) is 30.6 Å². The van der Waals surface area contributed by atoms with Crippen LogP contribution in [0.25, 0.3) is 0 Å². The maximum absolute atomic E-state index is 12.8. The second kappa shape index (κ2) is 11.3. The number of amides is 2. The van der Waals surface area contributed by atoms with Gasteiger partial charge in [-0.25, -0.2) is 4.79 Å². The molecule has 1 aliphatic rings. The minimum atomic E-state index is -0.553. The Labute approximate surface area is 203 Å². The van der Waals surface area contributed by atoms with Crippen molar-refractivity contribution in [2.24, 2.45) is 5.92 Å². The van der Waals surface area contributed by atoms with Gasteiger partial charge in [0.25, 0.3) is 5.91 Å². The van der Waals surface area contributed by atoms with E-state index in [4.69, 9.17) is 9.47 Å². The summed E-state index contributed by atoms with van der Waals surface area (Å²) in [6.07, 6.45) is 1.32. The summed E-state index contributed by atoms with van der Waals surface area (Å²) in [6.45, 7) is 7.99. The molecule has 0 aromatic carbocycles. The van der Waals surface area contributed by atoms with Crippen molar-refractivity contribution in [3.8, 4) is 0 Å². The molecule has 2 aromatic rings. The van der Waals surface area contributed by atoms with Crippen LogP contribution in [-0.4, -0.2) is 59.5 Å². The standard InChI is InChI=1S/C24H31N3O6S/c1-5-32-24(31)21-15(2)16(3)27(13-19-9-7-11-34-19)22(21)25-20(29)14-33-23(30)18-8-6-10-26(12-18)17(4)28/h7,9,11,18H,5-6,8,10,12-14H2,1-4H3,(H,25,29). The van der Waals surface area contributed by atoms with E-state index >= 15 is 0 Å². The molecule has 1 saturated heterocycles. The molecule has 2 amide bonds. The number of nitrogens with one attached hydrogen (secondary N) is 1. The first-order valence-corrected chi connectivity index (χ1v) is 12.2. The number of anilines is 1.